The number of nitrogens with one attached hydrogen (secondary N) is 2. The lowest BCUT2D eigenvalue weighted by molar-refractivity contribution is -0.384. The zero-order valence-electron chi connectivity index (χ0n) is 22.7. The monoisotopic (exact) mass is 537 g/mol. The molecule has 0 saturated carbocycles. The van der Waals surface area contributed by atoms with E-state index in [-0.39, 0.29) is 11.6 Å². The van der Waals surface area contributed by atoms with Crippen molar-refractivity contribution in [2.45, 2.75) is 45.2 Å². The van der Waals surface area contributed by atoms with Crippen LogP contribution in [0, 0.1) is 10.1 Å². The van der Waals surface area contributed by atoms with Crippen molar-refractivity contribution in [2.24, 2.45) is 0 Å². The fourth-order valence-corrected chi connectivity index (χ4v) is 5.99. The molecule has 2 saturated heterocycles. The van der Waals surface area contributed by atoms with E-state index in [1.807, 2.05) is 24.3 Å². The van der Waals surface area contributed by atoms with Crippen LogP contribution in [0.2, 0.25) is 0 Å². The summed E-state index contributed by atoms with van der Waals surface area (Å²) in [6.07, 6.45) is 6.31. The Morgan fingerprint density at radius 1 is 0.800 bits per heavy atom. The van der Waals surface area contributed by atoms with Crippen LogP contribution in [0.25, 0.3) is 11.3 Å². The summed E-state index contributed by atoms with van der Waals surface area (Å²) in [6, 6.07) is 21.1. The Hall–Kier alpha value is -4.01. The molecule has 2 fully saturated rings. The molecule has 2 N–H and O–H groups in total. The van der Waals surface area contributed by atoms with E-state index >= 15 is 0 Å². The summed E-state index contributed by atoms with van der Waals surface area (Å²) in [6.45, 7) is 6.39. The number of non-ortho nitro benzene ring substituents is 1. The summed E-state index contributed by atoms with van der Waals surface area (Å²) < 4.78 is 0. The number of nitro benzene ring substituents is 1. The van der Waals surface area contributed by atoms with Crippen LogP contribution in [0.5, 0.6) is 0 Å². The van der Waals surface area contributed by atoms with Gasteiger partial charge in [0, 0.05) is 42.2 Å². The topological polar surface area (TPSA) is 90.7 Å². The third-order valence-electron chi connectivity index (χ3n) is 8.13. The largest absolute Gasteiger partial charge is 0.354 e. The summed E-state index contributed by atoms with van der Waals surface area (Å²) >= 11 is 0. The number of fused-ring (bicyclic) bond motifs is 1. The van der Waals surface area contributed by atoms with Gasteiger partial charge >= 0.3 is 0 Å². The van der Waals surface area contributed by atoms with Crippen molar-refractivity contribution in [1.29, 1.82) is 0 Å². The highest BCUT2D eigenvalue weighted by atomic mass is 16.6. The fraction of sp³-hybridized carbons (Fsp3) is 0.344. The van der Waals surface area contributed by atoms with Crippen molar-refractivity contribution in [2.75, 3.05) is 36.8 Å². The summed E-state index contributed by atoms with van der Waals surface area (Å²) in [5, 5.41) is 17.9. The van der Waals surface area contributed by atoms with Crippen LogP contribution in [0.4, 0.5) is 17.1 Å². The van der Waals surface area contributed by atoms with E-state index in [9.17, 15) is 14.9 Å². The van der Waals surface area contributed by atoms with E-state index < -0.39 is 4.92 Å². The summed E-state index contributed by atoms with van der Waals surface area (Å²) in [5.41, 5.74) is 6.30. The van der Waals surface area contributed by atoms with Gasteiger partial charge < -0.3 is 10.6 Å². The average Bonchev–Trinajstić information content (AvgIpc) is 3.60. The summed E-state index contributed by atoms with van der Waals surface area (Å²) in [7, 11) is 0. The van der Waals surface area contributed by atoms with Gasteiger partial charge in [-0.3, -0.25) is 24.7 Å². The molecule has 8 nitrogen and oxygen atoms in total. The molecular weight excluding hydrogens is 502 g/mol. The maximum absolute atomic E-state index is 13.3. The van der Waals surface area contributed by atoms with Gasteiger partial charge in [0.2, 0.25) is 0 Å². The molecule has 206 valence electrons. The number of likely N-dealkylation sites (tertiary alicyclic amines) is 2. The Labute approximate surface area is 234 Å². The molecule has 3 aliphatic rings. The second-order valence-corrected chi connectivity index (χ2v) is 11.0. The smallest absolute Gasteiger partial charge is 0.270 e. The lowest BCUT2D eigenvalue weighted by Gasteiger charge is -2.26. The third-order valence-corrected chi connectivity index (χ3v) is 8.13. The van der Waals surface area contributed by atoms with E-state index in [4.69, 9.17) is 0 Å². The van der Waals surface area contributed by atoms with Crippen LogP contribution in [-0.2, 0) is 17.9 Å². The number of anilines is 2. The molecule has 1 amide bonds. The molecule has 0 atom stereocenters. The minimum atomic E-state index is -0.428. The normalized spacial score (nSPS) is 18.9. The molecule has 0 unspecified atom stereocenters. The highest BCUT2D eigenvalue weighted by molar-refractivity contribution is 6.37. The SMILES string of the molecule is O=C1Nc2ccc([N+](=O)[O-])cc2C1=C(Nc1ccc(CN2CCCC2)cc1)c1ccc(CN2CCCCC2)cc1. The van der Waals surface area contributed by atoms with Crippen molar-refractivity contribution in [3.63, 3.8) is 0 Å². The van der Waals surface area contributed by atoms with Crippen molar-refractivity contribution in [3.05, 3.63) is 99.1 Å². The minimum absolute atomic E-state index is 0.0461. The van der Waals surface area contributed by atoms with Gasteiger partial charge in [-0.15, -0.1) is 0 Å². The number of hydrogen-bond donors (Lipinski definition) is 2. The first-order valence-electron chi connectivity index (χ1n) is 14.3. The molecule has 0 aromatic heterocycles. The molecule has 8 heteroatoms. The first kappa shape index (κ1) is 26.2. The van der Waals surface area contributed by atoms with E-state index in [1.54, 1.807) is 6.07 Å². The number of rotatable bonds is 8. The molecule has 3 aromatic carbocycles. The molecule has 6 rings (SSSR count). The van der Waals surface area contributed by atoms with Crippen LogP contribution in [0.1, 0.15) is 54.4 Å². The first-order chi connectivity index (χ1) is 19.5. The van der Waals surface area contributed by atoms with E-state index in [0.29, 0.717) is 22.5 Å². The van der Waals surface area contributed by atoms with Gasteiger partial charge in [0.1, 0.15) is 0 Å². The first-order valence-corrected chi connectivity index (χ1v) is 14.3. The van der Waals surface area contributed by atoms with Crippen LogP contribution in [0.15, 0.2) is 66.7 Å². The third kappa shape index (κ3) is 5.78. The van der Waals surface area contributed by atoms with Gasteiger partial charge in [0.05, 0.1) is 16.2 Å². The van der Waals surface area contributed by atoms with Gasteiger partial charge in [-0.2, -0.15) is 0 Å². The number of piperidine rings is 1. The van der Waals surface area contributed by atoms with Gasteiger partial charge in [-0.05, 0) is 86.8 Å². The number of hydrogen-bond acceptors (Lipinski definition) is 6. The van der Waals surface area contributed by atoms with Crippen LogP contribution >= 0.6 is 0 Å². The highest BCUT2D eigenvalue weighted by Gasteiger charge is 2.30. The van der Waals surface area contributed by atoms with Gasteiger partial charge in [0.15, 0.2) is 0 Å². The number of nitro groups is 1. The molecule has 0 spiro atoms. The molecular formula is C32H35N5O3. The Balaban J connectivity index is 1.34. The van der Waals surface area contributed by atoms with Crippen molar-refractivity contribution < 1.29 is 9.72 Å². The van der Waals surface area contributed by atoms with Crippen LogP contribution in [-0.4, -0.2) is 46.8 Å². The molecule has 0 bridgehead atoms. The van der Waals surface area contributed by atoms with Crippen molar-refractivity contribution in [3.8, 4) is 0 Å². The summed E-state index contributed by atoms with van der Waals surface area (Å²) in [5.74, 6) is -0.277. The van der Waals surface area contributed by atoms with Crippen molar-refractivity contribution in [1.82, 2.24) is 9.80 Å². The van der Waals surface area contributed by atoms with Crippen LogP contribution < -0.4 is 10.6 Å². The van der Waals surface area contributed by atoms with E-state index in [2.05, 4.69) is 44.7 Å². The zero-order valence-corrected chi connectivity index (χ0v) is 22.7. The predicted octanol–water partition coefficient (Wildman–Crippen LogP) is 6.11. The van der Waals surface area contributed by atoms with E-state index in [1.165, 1.54) is 55.4 Å². The fourth-order valence-electron chi connectivity index (χ4n) is 5.99. The Kier molecular flexibility index (Phi) is 7.62. The average molecular weight is 538 g/mol. The molecule has 3 heterocycles. The van der Waals surface area contributed by atoms with Gasteiger partial charge in [-0.1, -0.05) is 42.8 Å². The lowest BCUT2D eigenvalue weighted by Crippen LogP contribution is -2.29. The Morgan fingerprint density at radius 3 is 1.98 bits per heavy atom. The second-order valence-electron chi connectivity index (χ2n) is 11.0. The molecule has 0 aliphatic carbocycles. The van der Waals surface area contributed by atoms with Gasteiger partial charge in [0.25, 0.3) is 11.6 Å². The summed E-state index contributed by atoms with van der Waals surface area (Å²) in [4.78, 5) is 29.4. The molecule has 0 radical (unpaired) electrons. The highest BCUT2D eigenvalue weighted by Crippen LogP contribution is 2.39. The van der Waals surface area contributed by atoms with Crippen LogP contribution in [0.3, 0.4) is 0 Å². The number of nitrogens with zero attached hydrogens (tertiary/aromatic N) is 3. The zero-order chi connectivity index (χ0) is 27.5. The van der Waals surface area contributed by atoms with Crippen molar-refractivity contribution >= 4 is 34.2 Å². The molecule has 40 heavy (non-hydrogen) atoms. The van der Waals surface area contributed by atoms with E-state index in [0.717, 1.165) is 50.5 Å². The molecule has 3 aromatic rings. The Bertz CT molecular complexity index is 1420. The van der Waals surface area contributed by atoms with Gasteiger partial charge in [-0.25, -0.2) is 0 Å². The predicted molar refractivity (Wildman–Crippen MR) is 159 cm³/mol. The number of benzene rings is 3. The minimum Gasteiger partial charge on any atom is -0.354 e. The lowest BCUT2D eigenvalue weighted by atomic mass is 9.98. The maximum atomic E-state index is 13.3. The number of amides is 1. The number of carbonyl (C=O) groups excluding carboxylic acids is 1. The standard InChI is InChI=1S/C32H35N5O3/c38-32-30(28-20-27(37(39)40)14-15-29(28)34-32)31(25-10-6-23(7-11-25)21-35-16-2-1-3-17-35)33-26-12-8-24(9-13-26)22-36-18-4-5-19-36/h6-15,20,33H,1-5,16-19,21-22H2,(H,34,38). The molecule has 3 aliphatic heterocycles. The quantitative estimate of drug-likeness (QED) is 0.205. The second kappa shape index (κ2) is 11.6. The number of carbonyl (C=O) groups is 1. The Morgan fingerprint density at radius 2 is 1.38 bits per heavy atom. The maximum Gasteiger partial charge on any atom is 0.270 e.